The Morgan fingerprint density at radius 3 is 2.41 bits per heavy atom. The molecule has 4 rings (SSSR count). The number of nitrogens with zero attached hydrogens (tertiary/aromatic N) is 1. The summed E-state index contributed by atoms with van der Waals surface area (Å²) in [5.74, 6) is 0.583. The van der Waals surface area contributed by atoms with Gasteiger partial charge in [-0.15, -0.1) is 0 Å². The SMILES string of the molecule is O=C(NC[C@@H](c1ccco1)[NH+]1CCN(c2ccc(F)cc2)CC1)c1ccccc1. The molecule has 150 valence electrons. The minimum Gasteiger partial charge on any atom is -0.463 e. The summed E-state index contributed by atoms with van der Waals surface area (Å²) in [4.78, 5) is 16.1. The molecule has 0 unspecified atom stereocenters. The van der Waals surface area contributed by atoms with Gasteiger partial charge in [0.05, 0.1) is 39.0 Å². The van der Waals surface area contributed by atoms with Crippen LogP contribution in [-0.4, -0.2) is 38.6 Å². The van der Waals surface area contributed by atoms with Crippen molar-refractivity contribution in [2.75, 3.05) is 37.6 Å². The number of halogens is 1. The van der Waals surface area contributed by atoms with Crippen molar-refractivity contribution in [1.29, 1.82) is 0 Å². The first-order valence-corrected chi connectivity index (χ1v) is 9.92. The van der Waals surface area contributed by atoms with Crippen molar-refractivity contribution in [3.8, 4) is 0 Å². The van der Waals surface area contributed by atoms with Gasteiger partial charge in [-0.05, 0) is 48.5 Å². The third kappa shape index (κ3) is 4.66. The van der Waals surface area contributed by atoms with E-state index in [-0.39, 0.29) is 17.8 Å². The van der Waals surface area contributed by atoms with E-state index in [9.17, 15) is 9.18 Å². The number of benzene rings is 2. The lowest BCUT2D eigenvalue weighted by atomic mass is 10.1. The minimum absolute atomic E-state index is 0.0491. The van der Waals surface area contributed by atoms with Crippen molar-refractivity contribution in [2.45, 2.75) is 6.04 Å². The zero-order valence-electron chi connectivity index (χ0n) is 16.2. The maximum Gasteiger partial charge on any atom is 0.251 e. The number of carbonyl (C=O) groups excluding carboxylic acids is 1. The largest absolute Gasteiger partial charge is 0.463 e. The number of anilines is 1. The Labute approximate surface area is 169 Å². The zero-order chi connectivity index (χ0) is 20.1. The number of quaternary nitrogens is 1. The predicted octanol–water partition coefficient (Wildman–Crippen LogP) is 2.29. The van der Waals surface area contributed by atoms with Crippen molar-refractivity contribution in [3.63, 3.8) is 0 Å². The van der Waals surface area contributed by atoms with E-state index >= 15 is 0 Å². The number of furan rings is 1. The second kappa shape index (κ2) is 8.92. The molecule has 2 aromatic carbocycles. The van der Waals surface area contributed by atoms with Gasteiger partial charge in [-0.25, -0.2) is 4.39 Å². The molecule has 0 saturated carbocycles. The van der Waals surface area contributed by atoms with Gasteiger partial charge in [-0.2, -0.15) is 0 Å². The van der Waals surface area contributed by atoms with Crippen molar-refractivity contribution in [3.05, 3.63) is 90.1 Å². The van der Waals surface area contributed by atoms with Crippen LogP contribution in [0.1, 0.15) is 22.2 Å². The van der Waals surface area contributed by atoms with Crippen LogP contribution in [0, 0.1) is 5.82 Å². The highest BCUT2D eigenvalue weighted by molar-refractivity contribution is 5.94. The lowest BCUT2D eigenvalue weighted by Crippen LogP contribution is -3.15. The van der Waals surface area contributed by atoms with Crippen LogP contribution in [0.2, 0.25) is 0 Å². The lowest BCUT2D eigenvalue weighted by molar-refractivity contribution is -0.932. The highest BCUT2D eigenvalue weighted by atomic mass is 19.1. The molecule has 6 heteroatoms. The summed E-state index contributed by atoms with van der Waals surface area (Å²) in [5, 5.41) is 3.06. The maximum absolute atomic E-state index is 13.2. The van der Waals surface area contributed by atoms with Gasteiger partial charge < -0.3 is 19.5 Å². The van der Waals surface area contributed by atoms with Gasteiger partial charge in [0.15, 0.2) is 11.8 Å². The lowest BCUT2D eigenvalue weighted by Gasteiger charge is -2.37. The van der Waals surface area contributed by atoms with Crippen LogP contribution in [0.4, 0.5) is 10.1 Å². The summed E-state index contributed by atoms with van der Waals surface area (Å²) >= 11 is 0. The van der Waals surface area contributed by atoms with E-state index in [1.807, 2.05) is 54.6 Å². The van der Waals surface area contributed by atoms with Crippen LogP contribution in [0.25, 0.3) is 0 Å². The van der Waals surface area contributed by atoms with Crippen molar-refractivity contribution in [1.82, 2.24) is 5.32 Å². The molecule has 0 bridgehead atoms. The van der Waals surface area contributed by atoms with E-state index in [4.69, 9.17) is 4.42 Å². The third-order valence-electron chi connectivity index (χ3n) is 5.48. The number of hydrogen-bond donors (Lipinski definition) is 2. The van der Waals surface area contributed by atoms with Crippen LogP contribution in [-0.2, 0) is 0 Å². The topological polar surface area (TPSA) is 49.9 Å². The minimum atomic E-state index is -0.218. The molecule has 0 radical (unpaired) electrons. The molecule has 2 heterocycles. The third-order valence-corrected chi connectivity index (χ3v) is 5.48. The number of nitrogens with one attached hydrogen (secondary N) is 2. The van der Waals surface area contributed by atoms with E-state index in [0.29, 0.717) is 12.1 Å². The number of piperazine rings is 1. The summed E-state index contributed by atoms with van der Waals surface area (Å²) < 4.78 is 18.9. The Balaban J connectivity index is 1.40. The summed E-state index contributed by atoms with van der Waals surface area (Å²) in [6.07, 6.45) is 1.68. The van der Waals surface area contributed by atoms with Crippen molar-refractivity contribution >= 4 is 11.6 Å². The maximum atomic E-state index is 13.2. The van der Waals surface area contributed by atoms with Crippen molar-refractivity contribution in [2.24, 2.45) is 0 Å². The number of carbonyl (C=O) groups is 1. The second-order valence-corrected chi connectivity index (χ2v) is 7.27. The molecule has 2 N–H and O–H groups in total. The summed E-state index contributed by atoms with van der Waals surface area (Å²) in [5.41, 5.74) is 1.69. The fourth-order valence-corrected chi connectivity index (χ4v) is 3.87. The molecule has 1 atom stereocenters. The van der Waals surface area contributed by atoms with E-state index in [1.54, 1.807) is 6.26 Å². The van der Waals surface area contributed by atoms with Crippen LogP contribution in [0.15, 0.2) is 77.4 Å². The molecule has 1 aliphatic heterocycles. The fraction of sp³-hybridized carbons (Fsp3) is 0.261. The molecule has 3 aromatic rings. The van der Waals surface area contributed by atoms with Crippen molar-refractivity contribution < 1.29 is 18.5 Å². The van der Waals surface area contributed by atoms with Crippen LogP contribution >= 0.6 is 0 Å². The van der Waals surface area contributed by atoms with E-state index in [0.717, 1.165) is 37.6 Å². The second-order valence-electron chi connectivity index (χ2n) is 7.27. The van der Waals surface area contributed by atoms with Gasteiger partial charge in [0.1, 0.15) is 5.82 Å². The monoisotopic (exact) mass is 394 g/mol. The van der Waals surface area contributed by atoms with E-state index in [1.165, 1.54) is 17.0 Å². The average molecular weight is 394 g/mol. The quantitative estimate of drug-likeness (QED) is 0.675. The smallest absolute Gasteiger partial charge is 0.251 e. The Bertz CT molecular complexity index is 905. The molecule has 1 aromatic heterocycles. The highest BCUT2D eigenvalue weighted by Gasteiger charge is 2.31. The Morgan fingerprint density at radius 1 is 1.03 bits per heavy atom. The zero-order valence-corrected chi connectivity index (χ0v) is 16.2. The van der Waals surface area contributed by atoms with Gasteiger partial charge in [0.25, 0.3) is 5.91 Å². The summed E-state index contributed by atoms with van der Waals surface area (Å²) in [6, 6.07) is 19.8. The Hall–Kier alpha value is -3.12. The molecule has 29 heavy (non-hydrogen) atoms. The predicted molar refractivity (Wildman–Crippen MR) is 110 cm³/mol. The molecule has 1 aliphatic rings. The van der Waals surface area contributed by atoms with Crippen LogP contribution in [0.5, 0.6) is 0 Å². The van der Waals surface area contributed by atoms with Crippen LogP contribution in [0.3, 0.4) is 0 Å². The van der Waals surface area contributed by atoms with E-state index < -0.39 is 0 Å². The molecule has 0 aliphatic carbocycles. The summed E-state index contributed by atoms with van der Waals surface area (Å²) in [6.45, 7) is 4.05. The number of hydrogen-bond acceptors (Lipinski definition) is 3. The molecule has 5 nitrogen and oxygen atoms in total. The molecule has 1 amide bonds. The normalized spacial score (nSPS) is 15.8. The van der Waals surface area contributed by atoms with Gasteiger partial charge in [-0.1, -0.05) is 18.2 Å². The first-order chi connectivity index (χ1) is 14.2. The Morgan fingerprint density at radius 2 is 1.76 bits per heavy atom. The van der Waals surface area contributed by atoms with Gasteiger partial charge >= 0.3 is 0 Å². The molecule has 1 fully saturated rings. The summed E-state index contributed by atoms with van der Waals surface area (Å²) in [7, 11) is 0. The first kappa shape index (κ1) is 19.2. The van der Waals surface area contributed by atoms with Crippen LogP contribution < -0.4 is 15.1 Å². The number of rotatable bonds is 6. The standard InChI is InChI=1S/C23H24FN3O2/c24-19-8-10-20(11-9-19)26-12-14-27(15-13-26)21(22-7-4-16-29-22)17-25-23(28)18-5-2-1-3-6-18/h1-11,16,21H,12-15,17H2,(H,25,28)/p+1/t21-/m0/s1. The number of amides is 1. The highest BCUT2D eigenvalue weighted by Crippen LogP contribution is 2.16. The fourth-order valence-electron chi connectivity index (χ4n) is 3.87. The molecule has 0 spiro atoms. The molecule has 1 saturated heterocycles. The molecular formula is C23H25FN3O2+. The van der Waals surface area contributed by atoms with Gasteiger partial charge in [0, 0.05) is 11.3 Å². The van der Waals surface area contributed by atoms with Gasteiger partial charge in [0.2, 0.25) is 0 Å². The first-order valence-electron chi connectivity index (χ1n) is 9.92. The average Bonchev–Trinajstić information content (AvgIpc) is 3.30. The van der Waals surface area contributed by atoms with E-state index in [2.05, 4.69) is 10.2 Å². The van der Waals surface area contributed by atoms with Gasteiger partial charge in [-0.3, -0.25) is 4.79 Å². The Kier molecular flexibility index (Phi) is 5.91. The molecular weight excluding hydrogens is 369 g/mol.